The summed E-state index contributed by atoms with van der Waals surface area (Å²) in [5, 5.41) is 12.0. The van der Waals surface area contributed by atoms with E-state index in [2.05, 4.69) is 11.4 Å². The smallest absolute Gasteiger partial charge is 0.258 e. The monoisotopic (exact) mass is 170 g/mol. The molecule has 0 aromatic heterocycles. The van der Waals surface area contributed by atoms with E-state index in [1.165, 1.54) is 0 Å². The van der Waals surface area contributed by atoms with E-state index < -0.39 is 5.60 Å². The predicted molar refractivity (Wildman–Crippen MR) is 44.9 cm³/mol. The molecule has 0 spiro atoms. The molecule has 0 aromatic carbocycles. The van der Waals surface area contributed by atoms with Crippen LogP contribution in [0.2, 0.25) is 0 Å². The van der Waals surface area contributed by atoms with Crippen molar-refractivity contribution < 1.29 is 4.74 Å². The molecule has 1 heterocycles. The standard InChI is InChI=1S/C7H10N2OS/c1-5-3-9-6(11)10-7(5,2)4-8/h5H,3H2,1-2H3,(H,9,11). The summed E-state index contributed by atoms with van der Waals surface area (Å²) >= 11 is 4.79. The van der Waals surface area contributed by atoms with E-state index >= 15 is 0 Å². The molecule has 1 N–H and O–H groups in total. The van der Waals surface area contributed by atoms with E-state index in [0.717, 1.165) is 0 Å². The SMILES string of the molecule is CC1CNC(=S)OC1(C)C#N. The van der Waals surface area contributed by atoms with Crippen molar-refractivity contribution in [3.8, 4) is 6.07 Å². The Morgan fingerprint density at radius 1 is 1.91 bits per heavy atom. The molecule has 60 valence electrons. The first kappa shape index (κ1) is 8.28. The molecule has 0 amide bonds. The highest BCUT2D eigenvalue weighted by atomic mass is 32.1. The molecule has 1 rings (SSSR count). The fourth-order valence-corrected chi connectivity index (χ4v) is 1.15. The first-order chi connectivity index (χ1) is 5.08. The summed E-state index contributed by atoms with van der Waals surface area (Å²) in [5.74, 6) is 0.166. The molecule has 1 aliphatic rings. The summed E-state index contributed by atoms with van der Waals surface area (Å²) in [6.07, 6.45) is 0. The van der Waals surface area contributed by atoms with Gasteiger partial charge in [-0.1, -0.05) is 6.92 Å². The molecule has 3 nitrogen and oxygen atoms in total. The average Bonchev–Trinajstić information content (AvgIpc) is 1.98. The van der Waals surface area contributed by atoms with Crippen LogP contribution in [0.25, 0.3) is 0 Å². The third-order valence-corrected chi connectivity index (χ3v) is 2.25. The summed E-state index contributed by atoms with van der Waals surface area (Å²) in [7, 11) is 0. The van der Waals surface area contributed by atoms with Gasteiger partial charge in [0.25, 0.3) is 5.17 Å². The maximum absolute atomic E-state index is 8.78. The molecular weight excluding hydrogens is 160 g/mol. The summed E-state index contributed by atoms with van der Waals surface area (Å²) < 4.78 is 5.19. The number of hydrogen-bond acceptors (Lipinski definition) is 3. The Bertz CT molecular complexity index is 223. The molecule has 1 fully saturated rings. The third-order valence-electron chi connectivity index (χ3n) is 2.02. The fourth-order valence-electron chi connectivity index (χ4n) is 0.893. The van der Waals surface area contributed by atoms with Crippen molar-refractivity contribution in [2.75, 3.05) is 6.54 Å². The van der Waals surface area contributed by atoms with Gasteiger partial charge in [-0.05, 0) is 19.1 Å². The van der Waals surface area contributed by atoms with Crippen LogP contribution in [0.15, 0.2) is 0 Å². The van der Waals surface area contributed by atoms with Crippen molar-refractivity contribution in [1.29, 1.82) is 5.26 Å². The highest BCUT2D eigenvalue weighted by Crippen LogP contribution is 2.23. The van der Waals surface area contributed by atoms with Gasteiger partial charge in [0.1, 0.15) is 6.07 Å². The molecule has 4 heteroatoms. The van der Waals surface area contributed by atoms with Gasteiger partial charge in [-0.15, -0.1) is 0 Å². The maximum Gasteiger partial charge on any atom is 0.258 e. The van der Waals surface area contributed by atoms with Crippen molar-refractivity contribution in [2.45, 2.75) is 19.4 Å². The zero-order valence-electron chi connectivity index (χ0n) is 6.55. The third kappa shape index (κ3) is 1.43. The molecule has 0 radical (unpaired) electrons. The first-order valence-electron chi connectivity index (χ1n) is 3.46. The van der Waals surface area contributed by atoms with Crippen LogP contribution in [-0.2, 0) is 4.74 Å². The van der Waals surface area contributed by atoms with Gasteiger partial charge in [0.05, 0.1) is 0 Å². The van der Waals surface area contributed by atoms with Gasteiger partial charge >= 0.3 is 0 Å². The maximum atomic E-state index is 8.78. The normalized spacial score (nSPS) is 36.8. The van der Waals surface area contributed by atoms with Crippen LogP contribution in [0.1, 0.15) is 13.8 Å². The second-order valence-electron chi connectivity index (χ2n) is 2.89. The van der Waals surface area contributed by atoms with E-state index in [9.17, 15) is 0 Å². The summed E-state index contributed by atoms with van der Waals surface area (Å²) in [4.78, 5) is 0. The zero-order chi connectivity index (χ0) is 8.48. The Labute approximate surface area is 71.3 Å². The lowest BCUT2D eigenvalue weighted by molar-refractivity contribution is 0.0540. The second kappa shape index (κ2) is 2.67. The van der Waals surface area contributed by atoms with E-state index in [-0.39, 0.29) is 5.92 Å². The van der Waals surface area contributed by atoms with Crippen molar-refractivity contribution >= 4 is 17.4 Å². The van der Waals surface area contributed by atoms with Crippen LogP contribution in [0, 0.1) is 17.2 Å². The van der Waals surface area contributed by atoms with Gasteiger partial charge in [-0.25, -0.2) is 0 Å². The molecule has 2 atom stereocenters. The van der Waals surface area contributed by atoms with Crippen LogP contribution in [0.5, 0.6) is 0 Å². The number of nitriles is 1. The first-order valence-corrected chi connectivity index (χ1v) is 3.87. The average molecular weight is 170 g/mol. The lowest BCUT2D eigenvalue weighted by Crippen LogP contribution is -2.50. The van der Waals surface area contributed by atoms with E-state index in [1.807, 2.05) is 6.92 Å². The number of ether oxygens (including phenoxy) is 1. The van der Waals surface area contributed by atoms with Gasteiger partial charge in [-0.2, -0.15) is 5.26 Å². The Morgan fingerprint density at radius 3 is 3.00 bits per heavy atom. The lowest BCUT2D eigenvalue weighted by atomic mass is 9.91. The van der Waals surface area contributed by atoms with Crippen LogP contribution in [0.4, 0.5) is 0 Å². The predicted octanol–water partition coefficient (Wildman–Crippen LogP) is 0.809. The summed E-state index contributed by atoms with van der Waals surface area (Å²) in [6.45, 7) is 4.42. The fraction of sp³-hybridized carbons (Fsp3) is 0.714. The lowest BCUT2D eigenvalue weighted by Gasteiger charge is -2.34. The molecule has 0 bridgehead atoms. The summed E-state index contributed by atoms with van der Waals surface area (Å²) in [5.41, 5.74) is -0.748. The second-order valence-corrected chi connectivity index (χ2v) is 3.26. The molecular formula is C7H10N2OS. The van der Waals surface area contributed by atoms with Gasteiger partial charge < -0.3 is 10.1 Å². The quantitative estimate of drug-likeness (QED) is 0.546. The Balaban J connectivity index is 2.78. The number of rotatable bonds is 0. The van der Waals surface area contributed by atoms with E-state index in [4.69, 9.17) is 22.2 Å². The minimum Gasteiger partial charge on any atom is -0.449 e. The summed E-state index contributed by atoms with van der Waals surface area (Å²) in [6, 6.07) is 2.11. The number of nitrogens with zero attached hydrogens (tertiary/aromatic N) is 1. The van der Waals surface area contributed by atoms with Crippen LogP contribution >= 0.6 is 12.2 Å². The highest BCUT2D eigenvalue weighted by Gasteiger charge is 2.37. The van der Waals surface area contributed by atoms with Gasteiger partial charge in [-0.3, -0.25) is 0 Å². The minimum absolute atomic E-state index is 0.166. The Morgan fingerprint density at radius 2 is 2.55 bits per heavy atom. The minimum atomic E-state index is -0.748. The molecule has 0 aliphatic carbocycles. The zero-order valence-corrected chi connectivity index (χ0v) is 7.36. The van der Waals surface area contributed by atoms with Crippen molar-refractivity contribution in [3.63, 3.8) is 0 Å². The van der Waals surface area contributed by atoms with E-state index in [1.54, 1.807) is 6.92 Å². The van der Waals surface area contributed by atoms with Crippen LogP contribution in [-0.4, -0.2) is 17.3 Å². The molecule has 0 aromatic rings. The van der Waals surface area contributed by atoms with E-state index in [0.29, 0.717) is 11.7 Å². The number of thiocarbonyl (C=S) groups is 1. The van der Waals surface area contributed by atoms with Gasteiger partial charge in [0.2, 0.25) is 0 Å². The largest absolute Gasteiger partial charge is 0.449 e. The molecule has 0 saturated carbocycles. The van der Waals surface area contributed by atoms with Crippen LogP contribution < -0.4 is 5.32 Å². The molecule has 2 unspecified atom stereocenters. The topological polar surface area (TPSA) is 45.0 Å². The van der Waals surface area contributed by atoms with Gasteiger partial charge in [0.15, 0.2) is 5.60 Å². The van der Waals surface area contributed by atoms with Crippen molar-refractivity contribution in [3.05, 3.63) is 0 Å². The Hall–Kier alpha value is -0.820. The van der Waals surface area contributed by atoms with Crippen LogP contribution in [0.3, 0.4) is 0 Å². The molecule has 11 heavy (non-hydrogen) atoms. The van der Waals surface area contributed by atoms with Crippen molar-refractivity contribution in [2.24, 2.45) is 5.92 Å². The molecule has 1 aliphatic heterocycles. The molecule has 1 saturated heterocycles. The number of hydrogen-bond donors (Lipinski definition) is 1. The number of nitrogens with one attached hydrogen (secondary N) is 1. The van der Waals surface area contributed by atoms with Gasteiger partial charge in [0, 0.05) is 12.5 Å². The van der Waals surface area contributed by atoms with Crippen molar-refractivity contribution in [1.82, 2.24) is 5.32 Å². The Kier molecular flexibility index (Phi) is 2.01. The highest BCUT2D eigenvalue weighted by molar-refractivity contribution is 7.80.